The molecule has 320 valence electrons. The lowest BCUT2D eigenvalue weighted by Gasteiger charge is -2.42. The van der Waals surface area contributed by atoms with Crippen molar-refractivity contribution in [2.24, 2.45) is 5.41 Å². The van der Waals surface area contributed by atoms with Gasteiger partial charge in [-0.25, -0.2) is 18.4 Å². The summed E-state index contributed by atoms with van der Waals surface area (Å²) in [6.45, 7) is 9.94. The van der Waals surface area contributed by atoms with Crippen molar-refractivity contribution < 1.29 is 13.3 Å². The minimum absolute atomic E-state index is 0.0997. The van der Waals surface area contributed by atoms with Crippen LogP contribution in [0.5, 0.6) is 0 Å². The Morgan fingerprint density at radius 2 is 1.77 bits per heavy atom. The monoisotopic (exact) mass is 872 g/mol. The lowest BCUT2D eigenvalue weighted by molar-refractivity contribution is -0.384. The molecular weight excluding hydrogens is 816 g/mol. The van der Waals surface area contributed by atoms with E-state index >= 15 is 0 Å². The lowest BCUT2D eigenvalue weighted by atomic mass is 9.72. The summed E-state index contributed by atoms with van der Waals surface area (Å²) in [6.07, 6.45) is 8.22. The Hall–Kier alpha value is -4.05. The van der Waals surface area contributed by atoms with E-state index in [1.54, 1.807) is 17.3 Å². The number of hydrogen-bond acceptors (Lipinski definition) is 11. The molecule has 3 aliphatic rings. The summed E-state index contributed by atoms with van der Waals surface area (Å²) in [6, 6.07) is 22.7. The van der Waals surface area contributed by atoms with Crippen LogP contribution in [0.3, 0.4) is 0 Å². The molecule has 3 heterocycles. The van der Waals surface area contributed by atoms with E-state index in [-0.39, 0.29) is 33.5 Å². The van der Waals surface area contributed by atoms with Crippen LogP contribution in [0.1, 0.15) is 69.2 Å². The van der Waals surface area contributed by atoms with Crippen molar-refractivity contribution in [1.82, 2.24) is 24.7 Å². The Bertz CT molecular complexity index is 2270. The first-order chi connectivity index (χ1) is 28.7. The van der Waals surface area contributed by atoms with Gasteiger partial charge in [0.15, 0.2) is 0 Å². The number of thioether (sulfide) groups is 1. The van der Waals surface area contributed by atoms with Gasteiger partial charge in [0.2, 0.25) is 0 Å². The Balaban J connectivity index is 0.988. The molecule has 1 aliphatic carbocycles. The predicted octanol–water partition coefficient (Wildman–Crippen LogP) is 8.85. The van der Waals surface area contributed by atoms with Crippen LogP contribution in [0.2, 0.25) is 5.02 Å². The molecule has 0 radical (unpaired) electrons. The van der Waals surface area contributed by atoms with E-state index in [0.29, 0.717) is 24.8 Å². The van der Waals surface area contributed by atoms with E-state index in [1.165, 1.54) is 36.0 Å². The maximum Gasteiger partial charge on any atom is 0.293 e. The number of allylic oxidation sites excluding steroid dienone is 1. The smallest absolute Gasteiger partial charge is 0.293 e. The van der Waals surface area contributed by atoms with Crippen LogP contribution in [0, 0.1) is 15.5 Å². The van der Waals surface area contributed by atoms with Gasteiger partial charge in [-0.15, -0.1) is 11.8 Å². The molecule has 0 saturated carbocycles. The van der Waals surface area contributed by atoms with E-state index in [0.717, 1.165) is 92.1 Å². The summed E-state index contributed by atoms with van der Waals surface area (Å²) >= 11 is 7.90. The highest BCUT2D eigenvalue weighted by Crippen LogP contribution is 2.43. The van der Waals surface area contributed by atoms with Gasteiger partial charge in [-0.05, 0) is 132 Å². The number of nitrogens with one attached hydrogen (secondary N) is 2. The lowest BCUT2D eigenvalue weighted by Crippen LogP contribution is -2.47. The summed E-state index contributed by atoms with van der Waals surface area (Å²) < 4.78 is 30.3. The molecule has 60 heavy (non-hydrogen) atoms. The normalized spacial score (nSPS) is 18.3. The fraction of sp³-hybridized carbons (Fsp3) is 0.467. The SMILES string of the molecule is CN(C)CCC(CSc1ccccc1)Nc1ccc(S(=O)(=O)Nc2ncnc3c2CCN(C2CCN(CC4=C(c5ccc(Cl)cc5)CCC(C)(C)C4)CC2)C3)cc1[N+](=O)[O-]. The molecule has 1 fully saturated rings. The molecule has 0 bridgehead atoms. The molecule has 2 N–H and O–H groups in total. The van der Waals surface area contributed by atoms with Gasteiger partial charge < -0.3 is 10.2 Å². The molecule has 0 spiro atoms. The van der Waals surface area contributed by atoms with Gasteiger partial charge in [-0.2, -0.15) is 0 Å². The third kappa shape index (κ3) is 11.3. The van der Waals surface area contributed by atoms with Crippen LogP contribution in [0.25, 0.3) is 5.57 Å². The Morgan fingerprint density at radius 1 is 1.02 bits per heavy atom. The average Bonchev–Trinajstić information content (AvgIpc) is 3.22. The molecule has 3 aromatic carbocycles. The second-order valence-corrected chi connectivity index (χ2v) is 20.6. The van der Waals surface area contributed by atoms with Crippen LogP contribution in [-0.2, 0) is 23.0 Å². The van der Waals surface area contributed by atoms with E-state index in [1.807, 2.05) is 56.6 Å². The van der Waals surface area contributed by atoms with Crippen molar-refractivity contribution in [3.05, 3.63) is 117 Å². The number of hydrogen-bond donors (Lipinski definition) is 2. The number of piperidine rings is 1. The van der Waals surface area contributed by atoms with Gasteiger partial charge in [-0.1, -0.05) is 61.4 Å². The van der Waals surface area contributed by atoms with Crippen molar-refractivity contribution in [3.63, 3.8) is 0 Å². The van der Waals surface area contributed by atoms with Gasteiger partial charge in [0.05, 0.1) is 15.5 Å². The first kappa shape index (κ1) is 44.0. The van der Waals surface area contributed by atoms with Crippen molar-refractivity contribution >= 4 is 56.2 Å². The number of sulfonamides is 1. The molecule has 12 nitrogen and oxygen atoms in total. The minimum Gasteiger partial charge on any atom is -0.376 e. The van der Waals surface area contributed by atoms with Gasteiger partial charge >= 0.3 is 0 Å². The number of nitrogens with zero attached hydrogens (tertiary/aromatic N) is 6. The Morgan fingerprint density at radius 3 is 2.48 bits per heavy atom. The van der Waals surface area contributed by atoms with Crippen molar-refractivity contribution in [1.29, 1.82) is 0 Å². The van der Waals surface area contributed by atoms with E-state index in [2.05, 4.69) is 60.7 Å². The van der Waals surface area contributed by atoms with E-state index < -0.39 is 14.9 Å². The summed E-state index contributed by atoms with van der Waals surface area (Å²) in [5.74, 6) is 0.900. The first-order valence-corrected chi connectivity index (χ1v) is 23.7. The summed E-state index contributed by atoms with van der Waals surface area (Å²) in [4.78, 5) is 28.8. The van der Waals surface area contributed by atoms with E-state index in [4.69, 9.17) is 11.6 Å². The van der Waals surface area contributed by atoms with Crippen LogP contribution in [0.4, 0.5) is 17.2 Å². The molecule has 1 aromatic heterocycles. The van der Waals surface area contributed by atoms with Crippen molar-refractivity contribution in [2.75, 3.05) is 62.6 Å². The second-order valence-electron chi connectivity index (χ2n) is 17.4. The summed E-state index contributed by atoms with van der Waals surface area (Å²) in [7, 11) is -0.237. The first-order valence-electron chi connectivity index (χ1n) is 20.9. The number of aromatic nitrogens is 2. The van der Waals surface area contributed by atoms with Crippen molar-refractivity contribution in [3.8, 4) is 0 Å². The number of benzene rings is 3. The molecule has 1 atom stereocenters. The molecule has 15 heteroatoms. The zero-order chi connectivity index (χ0) is 42.4. The number of fused-ring (bicyclic) bond motifs is 1. The predicted molar refractivity (Wildman–Crippen MR) is 243 cm³/mol. The fourth-order valence-electron chi connectivity index (χ4n) is 8.73. The van der Waals surface area contributed by atoms with Crippen LogP contribution in [-0.4, -0.2) is 103 Å². The number of nitro groups is 1. The average molecular weight is 874 g/mol. The van der Waals surface area contributed by atoms with Gasteiger partial charge in [0.1, 0.15) is 17.8 Å². The standard InChI is InChI=1S/C45H57ClN8O4S2/c1-45(2)21-16-39(32-10-12-34(46)13-11-32)33(27-45)28-52-23-18-36(19-24-52)53-25-20-40-42(29-53)47-31-48-44(40)50-60(57,58)38-14-15-41(43(26-38)54(55)56)49-35(17-22-51(3)4)30-59-37-8-6-5-7-9-37/h5-15,26,31,35-36,49H,16-25,27-30H2,1-4H3,(H,47,48,50). The minimum atomic E-state index is -4.21. The van der Waals surface area contributed by atoms with E-state index in [9.17, 15) is 18.5 Å². The van der Waals surface area contributed by atoms with Gasteiger partial charge in [-0.3, -0.25) is 24.6 Å². The number of halogens is 1. The maximum absolute atomic E-state index is 13.8. The molecule has 2 aliphatic heterocycles. The largest absolute Gasteiger partial charge is 0.376 e. The fourth-order valence-corrected chi connectivity index (χ4v) is 10.9. The van der Waals surface area contributed by atoms with Crippen LogP contribution < -0.4 is 10.0 Å². The van der Waals surface area contributed by atoms with Crippen LogP contribution in [0.15, 0.2) is 94.5 Å². The molecule has 1 saturated heterocycles. The third-order valence-electron chi connectivity index (χ3n) is 12.1. The van der Waals surface area contributed by atoms with Crippen LogP contribution >= 0.6 is 23.4 Å². The number of rotatable bonds is 16. The second kappa shape index (κ2) is 19.3. The highest BCUT2D eigenvalue weighted by atomic mass is 35.5. The Kier molecular flexibility index (Phi) is 14.2. The highest BCUT2D eigenvalue weighted by molar-refractivity contribution is 7.99. The van der Waals surface area contributed by atoms with Gasteiger partial charge in [0, 0.05) is 59.0 Å². The highest BCUT2D eigenvalue weighted by Gasteiger charge is 2.33. The van der Waals surface area contributed by atoms with Crippen molar-refractivity contribution in [2.45, 2.75) is 87.2 Å². The number of likely N-dealkylation sites (tertiary alicyclic amines) is 1. The molecule has 1 unspecified atom stereocenters. The maximum atomic E-state index is 13.8. The van der Waals surface area contributed by atoms with Gasteiger partial charge in [0.25, 0.3) is 15.7 Å². The Labute approximate surface area is 364 Å². The number of anilines is 2. The summed E-state index contributed by atoms with van der Waals surface area (Å²) in [5.41, 5.74) is 6.15. The topological polar surface area (TPSA) is 137 Å². The zero-order valence-corrected chi connectivity index (χ0v) is 37.5. The number of nitro benzene ring substituents is 1. The molecular formula is C45H57ClN8O4S2. The summed E-state index contributed by atoms with van der Waals surface area (Å²) in [5, 5.41) is 16.5. The zero-order valence-electron chi connectivity index (χ0n) is 35.1. The molecule has 7 rings (SSSR count). The quantitative estimate of drug-likeness (QED) is 0.0635. The molecule has 4 aromatic rings. The third-order valence-corrected chi connectivity index (χ3v) is 14.8. The molecule has 0 amide bonds.